The Morgan fingerprint density at radius 2 is 2.00 bits per heavy atom. The molecule has 0 aromatic heterocycles. The number of hydrogen-bond acceptors (Lipinski definition) is 1. The Hall–Kier alpha value is -0.110. The molecule has 1 atom stereocenters. The van der Waals surface area contributed by atoms with E-state index < -0.39 is 0 Å². The molecule has 10 heavy (non-hydrogen) atoms. The van der Waals surface area contributed by atoms with Crippen LogP contribution in [0, 0.1) is 5.92 Å². The van der Waals surface area contributed by atoms with Gasteiger partial charge in [0.2, 0.25) is 0 Å². The summed E-state index contributed by atoms with van der Waals surface area (Å²) in [7, 11) is 0. The third kappa shape index (κ3) is 3.83. The molecule has 0 fully saturated rings. The van der Waals surface area contributed by atoms with Crippen molar-refractivity contribution in [1.29, 1.82) is 0 Å². The fraction of sp³-hybridized carbons (Fsp3) is 0.875. The maximum Gasteiger partial charge on any atom is 0.0724 e. The minimum atomic E-state index is 0.553. The molecule has 0 rings (SSSR count). The van der Waals surface area contributed by atoms with Crippen molar-refractivity contribution in [2.75, 3.05) is 0 Å². The second-order valence-corrected chi connectivity index (χ2v) is 3.57. The van der Waals surface area contributed by atoms with Crippen LogP contribution >= 0.6 is 12.2 Å². The maximum absolute atomic E-state index is 4.95. The van der Waals surface area contributed by atoms with Gasteiger partial charge in [0.15, 0.2) is 0 Å². The normalized spacial score (nSPS) is 13.3. The van der Waals surface area contributed by atoms with Crippen LogP contribution in [0.15, 0.2) is 0 Å². The first-order valence-electron chi connectivity index (χ1n) is 3.85. The minimum Gasteiger partial charge on any atom is -0.377 e. The van der Waals surface area contributed by atoms with Gasteiger partial charge in [0.05, 0.1) is 4.99 Å². The number of rotatable bonds is 3. The van der Waals surface area contributed by atoms with E-state index >= 15 is 0 Å². The zero-order valence-corrected chi connectivity index (χ0v) is 8.09. The molecule has 1 N–H and O–H groups in total. The van der Waals surface area contributed by atoms with Crippen molar-refractivity contribution in [2.45, 2.75) is 40.2 Å². The lowest BCUT2D eigenvalue weighted by molar-refractivity contribution is 0.443. The molecule has 0 radical (unpaired) electrons. The standard InChI is InChI=1S/C8H17NS/c1-5-8(6(2)3)9-7(4)10/h6,8H,5H2,1-4H3,(H,9,10). The Labute approximate surface area is 69.2 Å². The molecule has 2 heteroatoms. The summed E-state index contributed by atoms with van der Waals surface area (Å²) in [6.45, 7) is 8.52. The summed E-state index contributed by atoms with van der Waals surface area (Å²) >= 11 is 4.95. The molecule has 0 aromatic rings. The topological polar surface area (TPSA) is 12.0 Å². The summed E-state index contributed by atoms with van der Waals surface area (Å²) in [5, 5.41) is 3.26. The lowest BCUT2D eigenvalue weighted by Gasteiger charge is -2.20. The quantitative estimate of drug-likeness (QED) is 0.634. The molecule has 0 aliphatic heterocycles. The average Bonchev–Trinajstić information content (AvgIpc) is 1.81. The summed E-state index contributed by atoms with van der Waals surface area (Å²) in [5.74, 6) is 0.669. The van der Waals surface area contributed by atoms with Crippen molar-refractivity contribution in [3.63, 3.8) is 0 Å². The Morgan fingerprint density at radius 1 is 1.50 bits per heavy atom. The molecule has 0 bridgehead atoms. The molecule has 0 heterocycles. The fourth-order valence-corrected chi connectivity index (χ4v) is 1.15. The van der Waals surface area contributed by atoms with Crippen LogP contribution in [0.2, 0.25) is 0 Å². The Morgan fingerprint density at radius 3 is 2.10 bits per heavy atom. The minimum absolute atomic E-state index is 0.553. The second-order valence-electron chi connectivity index (χ2n) is 2.96. The highest BCUT2D eigenvalue weighted by Gasteiger charge is 2.09. The van der Waals surface area contributed by atoms with Gasteiger partial charge in [-0.2, -0.15) is 0 Å². The van der Waals surface area contributed by atoms with Crippen molar-refractivity contribution in [3.05, 3.63) is 0 Å². The van der Waals surface area contributed by atoms with E-state index in [0.717, 1.165) is 11.4 Å². The van der Waals surface area contributed by atoms with Gasteiger partial charge >= 0.3 is 0 Å². The van der Waals surface area contributed by atoms with Crippen LogP contribution in [-0.2, 0) is 0 Å². The fourth-order valence-electron chi connectivity index (χ4n) is 1.00. The molecule has 0 aromatic carbocycles. The summed E-state index contributed by atoms with van der Waals surface area (Å²) < 4.78 is 0. The zero-order chi connectivity index (χ0) is 8.15. The van der Waals surface area contributed by atoms with Gasteiger partial charge in [-0.05, 0) is 19.3 Å². The summed E-state index contributed by atoms with van der Waals surface area (Å²) in [6.07, 6.45) is 1.14. The summed E-state index contributed by atoms with van der Waals surface area (Å²) in [5.41, 5.74) is 0. The molecule has 0 saturated heterocycles. The monoisotopic (exact) mass is 159 g/mol. The highest BCUT2D eigenvalue weighted by atomic mass is 32.1. The van der Waals surface area contributed by atoms with E-state index in [9.17, 15) is 0 Å². The van der Waals surface area contributed by atoms with Crippen molar-refractivity contribution in [3.8, 4) is 0 Å². The Bertz CT molecular complexity index is 110. The first-order chi connectivity index (χ1) is 4.57. The van der Waals surface area contributed by atoms with Gasteiger partial charge in [-0.25, -0.2) is 0 Å². The van der Waals surface area contributed by atoms with E-state index in [2.05, 4.69) is 26.1 Å². The predicted octanol–water partition coefficient (Wildman–Crippen LogP) is 2.36. The Kier molecular flexibility index (Phi) is 4.62. The van der Waals surface area contributed by atoms with Gasteiger partial charge in [0.1, 0.15) is 0 Å². The first-order valence-corrected chi connectivity index (χ1v) is 4.25. The second kappa shape index (κ2) is 4.67. The van der Waals surface area contributed by atoms with Gasteiger partial charge in [-0.15, -0.1) is 0 Å². The third-order valence-electron chi connectivity index (χ3n) is 1.63. The number of thiocarbonyl (C=S) groups is 1. The molecular formula is C8H17NS. The third-order valence-corrected chi connectivity index (χ3v) is 1.75. The van der Waals surface area contributed by atoms with Crippen LogP contribution in [0.1, 0.15) is 34.1 Å². The van der Waals surface area contributed by atoms with Gasteiger partial charge in [-0.1, -0.05) is 33.0 Å². The van der Waals surface area contributed by atoms with E-state index in [0.29, 0.717) is 12.0 Å². The van der Waals surface area contributed by atoms with Crippen LogP contribution in [-0.4, -0.2) is 11.0 Å². The smallest absolute Gasteiger partial charge is 0.0724 e. The van der Waals surface area contributed by atoms with E-state index in [4.69, 9.17) is 12.2 Å². The number of hydrogen-bond donors (Lipinski definition) is 1. The van der Waals surface area contributed by atoms with Crippen LogP contribution < -0.4 is 5.32 Å². The SMILES string of the molecule is CCC(NC(C)=S)C(C)C. The molecule has 0 amide bonds. The molecule has 0 saturated carbocycles. The van der Waals surface area contributed by atoms with Crippen molar-refractivity contribution in [1.82, 2.24) is 5.32 Å². The largest absolute Gasteiger partial charge is 0.377 e. The molecule has 1 nitrogen and oxygen atoms in total. The van der Waals surface area contributed by atoms with Crippen LogP contribution in [0.4, 0.5) is 0 Å². The summed E-state index contributed by atoms with van der Waals surface area (Å²) in [4.78, 5) is 0.903. The molecule has 0 aliphatic carbocycles. The van der Waals surface area contributed by atoms with Gasteiger partial charge in [0.25, 0.3) is 0 Å². The van der Waals surface area contributed by atoms with Gasteiger partial charge < -0.3 is 5.32 Å². The van der Waals surface area contributed by atoms with Gasteiger partial charge in [-0.3, -0.25) is 0 Å². The molecule has 0 spiro atoms. The van der Waals surface area contributed by atoms with Crippen LogP contribution in [0.25, 0.3) is 0 Å². The van der Waals surface area contributed by atoms with Crippen molar-refractivity contribution in [2.24, 2.45) is 5.92 Å². The van der Waals surface area contributed by atoms with E-state index in [1.165, 1.54) is 0 Å². The first kappa shape index (κ1) is 9.89. The average molecular weight is 159 g/mol. The maximum atomic E-state index is 4.95. The van der Waals surface area contributed by atoms with E-state index in [1.807, 2.05) is 6.92 Å². The van der Waals surface area contributed by atoms with Crippen molar-refractivity contribution < 1.29 is 0 Å². The molecular weight excluding hydrogens is 142 g/mol. The zero-order valence-electron chi connectivity index (χ0n) is 7.27. The lowest BCUT2D eigenvalue weighted by atomic mass is 10.0. The van der Waals surface area contributed by atoms with Crippen LogP contribution in [0.5, 0.6) is 0 Å². The highest BCUT2D eigenvalue weighted by Crippen LogP contribution is 2.04. The molecule has 60 valence electrons. The summed E-state index contributed by atoms with van der Waals surface area (Å²) in [6, 6.07) is 0.553. The molecule has 1 unspecified atom stereocenters. The lowest BCUT2D eigenvalue weighted by Crippen LogP contribution is -2.35. The van der Waals surface area contributed by atoms with E-state index in [-0.39, 0.29) is 0 Å². The Balaban J connectivity index is 3.71. The number of nitrogens with one attached hydrogen (secondary N) is 1. The molecule has 0 aliphatic rings. The van der Waals surface area contributed by atoms with E-state index in [1.54, 1.807) is 0 Å². The highest BCUT2D eigenvalue weighted by molar-refractivity contribution is 7.80. The van der Waals surface area contributed by atoms with Crippen LogP contribution in [0.3, 0.4) is 0 Å². The van der Waals surface area contributed by atoms with Crippen molar-refractivity contribution >= 4 is 17.2 Å². The van der Waals surface area contributed by atoms with Gasteiger partial charge in [0, 0.05) is 6.04 Å². The predicted molar refractivity (Wildman–Crippen MR) is 50.3 cm³/mol.